The highest BCUT2D eigenvalue weighted by molar-refractivity contribution is 14.0. The van der Waals surface area contributed by atoms with Crippen LogP contribution in [0, 0.1) is 5.92 Å². The molecule has 2 N–H and O–H groups in total. The molecule has 0 aromatic heterocycles. The van der Waals surface area contributed by atoms with Crippen LogP contribution in [0.5, 0.6) is 0 Å². The van der Waals surface area contributed by atoms with Gasteiger partial charge in [0.1, 0.15) is 6.61 Å². The molecule has 1 saturated heterocycles. The molecular weight excluding hydrogens is 536 g/mol. The van der Waals surface area contributed by atoms with Gasteiger partial charge >= 0.3 is 6.18 Å². The van der Waals surface area contributed by atoms with Gasteiger partial charge < -0.3 is 20.1 Å². The molecule has 0 amide bonds. The Balaban J connectivity index is 0.00000512. The number of aliphatic imine (C=N–C) groups is 1. The number of halogens is 4. The maximum atomic E-state index is 12.2. The first-order valence-electron chi connectivity index (χ1n) is 10.8. The van der Waals surface area contributed by atoms with Crippen molar-refractivity contribution in [1.82, 2.24) is 15.5 Å². The van der Waals surface area contributed by atoms with Crippen molar-refractivity contribution in [2.24, 2.45) is 10.9 Å². The van der Waals surface area contributed by atoms with Crippen molar-refractivity contribution >= 4 is 29.9 Å². The van der Waals surface area contributed by atoms with Gasteiger partial charge in [0.15, 0.2) is 5.96 Å². The Kier molecular flexibility index (Phi) is 13.5. The zero-order valence-electron chi connectivity index (χ0n) is 19.1. The molecule has 32 heavy (non-hydrogen) atoms. The molecule has 1 atom stereocenters. The van der Waals surface area contributed by atoms with E-state index < -0.39 is 12.8 Å². The summed E-state index contributed by atoms with van der Waals surface area (Å²) in [5.74, 6) is 1.25. The normalized spacial score (nSPS) is 16.5. The Bertz CT molecular complexity index is 666. The van der Waals surface area contributed by atoms with Crippen molar-refractivity contribution in [3.63, 3.8) is 0 Å². The number of nitrogens with zero attached hydrogens (tertiary/aromatic N) is 2. The summed E-state index contributed by atoms with van der Waals surface area (Å²) < 4.78 is 46.7. The van der Waals surface area contributed by atoms with Crippen LogP contribution in [0.15, 0.2) is 29.3 Å². The standard InChI is InChI=1S/C22H35F3N4O2.HI/c1-4-26-21(28-14-20(17(2)3)29-9-11-30-12-10-29)27-13-18-5-7-19(8-6-18)15-31-16-22(23,24)25;/h5-8,17,20H,4,9-16H2,1-3H3,(H2,26,27,28);1H. The number of guanidine groups is 1. The van der Waals surface area contributed by atoms with Crippen molar-refractivity contribution in [2.45, 2.75) is 46.1 Å². The third kappa shape index (κ3) is 11.2. The molecule has 1 aliphatic heterocycles. The van der Waals surface area contributed by atoms with Crippen molar-refractivity contribution in [1.29, 1.82) is 0 Å². The van der Waals surface area contributed by atoms with Crippen molar-refractivity contribution < 1.29 is 22.6 Å². The third-order valence-electron chi connectivity index (χ3n) is 5.08. The fraction of sp³-hybridized carbons (Fsp3) is 0.682. The van der Waals surface area contributed by atoms with E-state index in [1.165, 1.54) is 0 Å². The van der Waals surface area contributed by atoms with Crippen LogP contribution in [-0.4, -0.2) is 69.1 Å². The van der Waals surface area contributed by atoms with Gasteiger partial charge in [-0.1, -0.05) is 38.1 Å². The zero-order chi connectivity index (χ0) is 22.7. The Morgan fingerprint density at radius 1 is 1.12 bits per heavy atom. The van der Waals surface area contributed by atoms with Gasteiger partial charge in [0.25, 0.3) is 0 Å². The largest absolute Gasteiger partial charge is 0.411 e. The van der Waals surface area contributed by atoms with E-state index in [2.05, 4.69) is 34.4 Å². The van der Waals surface area contributed by atoms with Gasteiger partial charge in [-0.25, -0.2) is 4.99 Å². The molecule has 0 spiro atoms. The molecular formula is C22H36F3IN4O2. The molecule has 1 aromatic carbocycles. The van der Waals surface area contributed by atoms with E-state index in [1.807, 2.05) is 19.1 Å². The molecule has 0 bridgehead atoms. The quantitative estimate of drug-likeness (QED) is 0.254. The van der Waals surface area contributed by atoms with E-state index in [0.29, 0.717) is 24.1 Å². The molecule has 1 heterocycles. The number of hydrogen-bond acceptors (Lipinski definition) is 4. The smallest absolute Gasteiger partial charge is 0.379 e. The fourth-order valence-electron chi connectivity index (χ4n) is 3.43. The van der Waals surface area contributed by atoms with E-state index in [-0.39, 0.29) is 30.6 Å². The van der Waals surface area contributed by atoms with E-state index in [1.54, 1.807) is 12.1 Å². The second-order valence-corrected chi connectivity index (χ2v) is 7.96. The van der Waals surface area contributed by atoms with Crippen LogP contribution in [0.3, 0.4) is 0 Å². The average molecular weight is 572 g/mol. The number of rotatable bonds is 10. The Hall–Kier alpha value is -1.11. The maximum Gasteiger partial charge on any atom is 0.411 e. The lowest BCUT2D eigenvalue weighted by Crippen LogP contribution is -2.52. The summed E-state index contributed by atoms with van der Waals surface area (Å²) in [6.45, 7) is 10.6. The van der Waals surface area contributed by atoms with Gasteiger partial charge in [-0.3, -0.25) is 4.90 Å². The second-order valence-electron chi connectivity index (χ2n) is 7.96. The average Bonchev–Trinajstić information content (AvgIpc) is 2.72. The number of hydrogen-bond donors (Lipinski definition) is 2. The summed E-state index contributed by atoms with van der Waals surface area (Å²) in [6.07, 6.45) is -4.30. The van der Waals surface area contributed by atoms with Gasteiger partial charge in [0.05, 0.1) is 26.4 Å². The van der Waals surface area contributed by atoms with Gasteiger partial charge in [0.2, 0.25) is 0 Å². The van der Waals surface area contributed by atoms with Crippen molar-refractivity contribution in [2.75, 3.05) is 46.0 Å². The lowest BCUT2D eigenvalue weighted by molar-refractivity contribution is -0.176. The van der Waals surface area contributed by atoms with Crippen LogP contribution in [0.1, 0.15) is 31.9 Å². The highest BCUT2D eigenvalue weighted by Crippen LogP contribution is 2.16. The molecule has 1 fully saturated rings. The minimum absolute atomic E-state index is 0. The van der Waals surface area contributed by atoms with Gasteiger partial charge in [-0.05, 0) is 24.0 Å². The SMILES string of the molecule is CCNC(=NCc1ccc(COCC(F)(F)F)cc1)NCC(C(C)C)N1CCOCC1.I. The molecule has 1 aliphatic rings. The van der Waals surface area contributed by atoms with Crippen LogP contribution in [-0.2, 0) is 22.6 Å². The fourth-order valence-corrected chi connectivity index (χ4v) is 3.43. The van der Waals surface area contributed by atoms with E-state index >= 15 is 0 Å². The van der Waals surface area contributed by atoms with E-state index in [4.69, 9.17) is 9.47 Å². The van der Waals surface area contributed by atoms with E-state index in [9.17, 15) is 13.2 Å². The molecule has 1 unspecified atom stereocenters. The monoisotopic (exact) mass is 572 g/mol. The Morgan fingerprint density at radius 3 is 2.31 bits per heavy atom. The topological polar surface area (TPSA) is 58.1 Å². The molecule has 1 aromatic rings. The number of morpholine rings is 1. The lowest BCUT2D eigenvalue weighted by atomic mass is 10.0. The first-order chi connectivity index (χ1) is 14.8. The van der Waals surface area contributed by atoms with Crippen LogP contribution >= 0.6 is 24.0 Å². The van der Waals surface area contributed by atoms with Gasteiger partial charge in [-0.2, -0.15) is 13.2 Å². The molecule has 184 valence electrons. The predicted molar refractivity (Wildman–Crippen MR) is 131 cm³/mol. The molecule has 0 radical (unpaired) electrons. The maximum absolute atomic E-state index is 12.2. The van der Waals surface area contributed by atoms with Crippen LogP contribution in [0.4, 0.5) is 13.2 Å². The Labute approximate surface area is 206 Å². The summed E-state index contributed by atoms with van der Waals surface area (Å²) in [6, 6.07) is 7.67. The van der Waals surface area contributed by atoms with Gasteiger partial charge in [0, 0.05) is 32.2 Å². The number of alkyl halides is 3. The lowest BCUT2D eigenvalue weighted by Gasteiger charge is -2.37. The van der Waals surface area contributed by atoms with E-state index in [0.717, 1.165) is 50.9 Å². The first kappa shape index (κ1) is 28.9. The molecule has 0 aliphatic carbocycles. The summed E-state index contributed by atoms with van der Waals surface area (Å²) in [5, 5.41) is 6.73. The summed E-state index contributed by atoms with van der Waals surface area (Å²) in [7, 11) is 0. The van der Waals surface area contributed by atoms with Crippen molar-refractivity contribution in [3.05, 3.63) is 35.4 Å². The molecule has 2 rings (SSSR count). The predicted octanol–water partition coefficient (Wildman–Crippen LogP) is 3.80. The summed E-state index contributed by atoms with van der Waals surface area (Å²) in [4.78, 5) is 7.12. The highest BCUT2D eigenvalue weighted by atomic mass is 127. The molecule has 0 saturated carbocycles. The van der Waals surface area contributed by atoms with Crippen LogP contribution in [0.25, 0.3) is 0 Å². The Morgan fingerprint density at radius 2 is 1.75 bits per heavy atom. The second kappa shape index (κ2) is 14.9. The molecule has 10 heteroatoms. The van der Waals surface area contributed by atoms with Crippen molar-refractivity contribution in [3.8, 4) is 0 Å². The number of ether oxygens (including phenoxy) is 2. The number of benzene rings is 1. The zero-order valence-corrected chi connectivity index (χ0v) is 21.4. The number of nitrogens with one attached hydrogen (secondary N) is 2. The van der Waals surface area contributed by atoms with Crippen LogP contribution in [0.2, 0.25) is 0 Å². The minimum atomic E-state index is -4.30. The molecule has 6 nitrogen and oxygen atoms in total. The summed E-state index contributed by atoms with van der Waals surface area (Å²) in [5.41, 5.74) is 1.68. The third-order valence-corrected chi connectivity index (χ3v) is 5.08. The minimum Gasteiger partial charge on any atom is -0.379 e. The summed E-state index contributed by atoms with van der Waals surface area (Å²) >= 11 is 0. The highest BCUT2D eigenvalue weighted by Gasteiger charge is 2.27. The first-order valence-corrected chi connectivity index (χ1v) is 10.8. The van der Waals surface area contributed by atoms with Crippen LogP contribution < -0.4 is 10.6 Å². The van der Waals surface area contributed by atoms with Gasteiger partial charge in [-0.15, -0.1) is 24.0 Å².